The second-order valence-corrected chi connectivity index (χ2v) is 7.29. The Morgan fingerprint density at radius 3 is 2.70 bits per heavy atom. The van der Waals surface area contributed by atoms with Gasteiger partial charge in [0.05, 0.1) is 11.0 Å². The highest BCUT2D eigenvalue weighted by Crippen LogP contribution is 2.23. The largest absolute Gasteiger partial charge is 0.356 e. The summed E-state index contributed by atoms with van der Waals surface area (Å²) in [7, 11) is 0. The van der Waals surface area contributed by atoms with Gasteiger partial charge in [0.2, 0.25) is 11.8 Å². The molecule has 0 atom stereocenters. The van der Waals surface area contributed by atoms with Crippen molar-refractivity contribution in [3.05, 3.63) is 30.1 Å². The third-order valence-corrected chi connectivity index (χ3v) is 5.26. The Labute approximate surface area is 160 Å². The Bertz CT molecular complexity index is 778. The van der Waals surface area contributed by atoms with Gasteiger partial charge in [-0.3, -0.25) is 9.59 Å². The maximum absolute atomic E-state index is 12.2. The van der Waals surface area contributed by atoms with Crippen molar-refractivity contribution in [3.8, 4) is 0 Å². The number of likely N-dealkylation sites (N-methyl/N-ethyl adjacent to an activating group) is 1. The second-order valence-electron chi connectivity index (χ2n) is 7.29. The molecule has 1 aromatic heterocycles. The summed E-state index contributed by atoms with van der Waals surface area (Å²) in [6.07, 6.45) is 7.19. The van der Waals surface area contributed by atoms with Crippen molar-refractivity contribution in [3.63, 3.8) is 0 Å². The highest BCUT2D eigenvalue weighted by Gasteiger charge is 2.20. The van der Waals surface area contributed by atoms with Gasteiger partial charge in [0, 0.05) is 25.4 Å². The van der Waals surface area contributed by atoms with Crippen LogP contribution in [0.15, 0.2) is 24.3 Å². The average Bonchev–Trinajstić information content (AvgIpc) is 3.03. The molecule has 0 unspecified atom stereocenters. The number of nitrogens with zero attached hydrogens (tertiary/aromatic N) is 2. The number of rotatable bonds is 8. The van der Waals surface area contributed by atoms with Gasteiger partial charge < -0.3 is 15.2 Å². The van der Waals surface area contributed by atoms with E-state index in [2.05, 4.69) is 10.6 Å². The number of aryl methyl sites for hydroxylation is 1. The molecule has 3 rings (SSSR count). The van der Waals surface area contributed by atoms with Crippen molar-refractivity contribution in [2.45, 2.75) is 58.4 Å². The predicted octanol–water partition coefficient (Wildman–Crippen LogP) is 2.80. The van der Waals surface area contributed by atoms with Crippen LogP contribution in [-0.2, 0) is 22.6 Å². The summed E-state index contributed by atoms with van der Waals surface area (Å²) < 4.78 is 1.99. The zero-order valence-electron chi connectivity index (χ0n) is 16.2. The van der Waals surface area contributed by atoms with Crippen molar-refractivity contribution in [2.24, 2.45) is 5.92 Å². The lowest BCUT2D eigenvalue weighted by molar-refractivity contribution is -0.126. The molecule has 0 bridgehead atoms. The van der Waals surface area contributed by atoms with E-state index in [9.17, 15) is 9.59 Å². The number of benzene rings is 1. The van der Waals surface area contributed by atoms with Gasteiger partial charge in [-0.1, -0.05) is 31.4 Å². The van der Waals surface area contributed by atoms with Crippen LogP contribution in [0.5, 0.6) is 0 Å². The summed E-state index contributed by atoms with van der Waals surface area (Å²) >= 11 is 0. The molecule has 1 heterocycles. The zero-order valence-corrected chi connectivity index (χ0v) is 16.2. The smallest absolute Gasteiger partial charge is 0.239 e. The van der Waals surface area contributed by atoms with Crippen LogP contribution in [0.1, 0.15) is 51.3 Å². The molecule has 2 amide bonds. The van der Waals surface area contributed by atoms with E-state index in [1.807, 2.05) is 35.8 Å². The van der Waals surface area contributed by atoms with Gasteiger partial charge in [-0.05, 0) is 38.3 Å². The van der Waals surface area contributed by atoms with Gasteiger partial charge in [-0.15, -0.1) is 0 Å². The molecule has 146 valence electrons. The third-order valence-electron chi connectivity index (χ3n) is 5.26. The van der Waals surface area contributed by atoms with Crippen LogP contribution < -0.4 is 10.6 Å². The lowest BCUT2D eigenvalue weighted by Gasteiger charge is -2.20. The summed E-state index contributed by atoms with van der Waals surface area (Å²) in [4.78, 5) is 29.0. The average molecular weight is 370 g/mol. The molecule has 1 fully saturated rings. The Morgan fingerprint density at radius 2 is 1.93 bits per heavy atom. The first-order chi connectivity index (χ1) is 13.2. The molecule has 2 N–H and O–H groups in total. The first-order valence-electron chi connectivity index (χ1n) is 10.2. The quantitative estimate of drug-likeness (QED) is 0.702. The number of imidazole rings is 1. The minimum Gasteiger partial charge on any atom is -0.356 e. The number of hydrogen-bond acceptors (Lipinski definition) is 3. The van der Waals surface area contributed by atoms with Crippen LogP contribution >= 0.6 is 0 Å². The van der Waals surface area contributed by atoms with Gasteiger partial charge in [0.25, 0.3) is 0 Å². The van der Waals surface area contributed by atoms with Crippen LogP contribution in [0, 0.1) is 5.92 Å². The SMILES string of the molecule is CCNC(=O)Cn1c(CCCNC(=O)C2CCCCC2)nc2ccccc21. The number of fused-ring (bicyclic) bond motifs is 1. The Hall–Kier alpha value is -2.37. The van der Waals surface area contributed by atoms with Gasteiger partial charge in [0.15, 0.2) is 0 Å². The normalized spacial score (nSPS) is 15.0. The molecule has 1 aliphatic carbocycles. The van der Waals surface area contributed by atoms with Crippen molar-refractivity contribution in [1.82, 2.24) is 20.2 Å². The Morgan fingerprint density at radius 1 is 1.15 bits per heavy atom. The summed E-state index contributed by atoms with van der Waals surface area (Å²) in [5.41, 5.74) is 1.88. The van der Waals surface area contributed by atoms with Gasteiger partial charge >= 0.3 is 0 Å². The number of nitrogens with one attached hydrogen (secondary N) is 2. The summed E-state index contributed by atoms with van der Waals surface area (Å²) in [6.45, 7) is 3.46. The van der Waals surface area contributed by atoms with E-state index in [0.29, 0.717) is 13.1 Å². The molecule has 6 nitrogen and oxygen atoms in total. The minimum atomic E-state index is -0.00694. The van der Waals surface area contributed by atoms with E-state index < -0.39 is 0 Å². The molecule has 0 saturated heterocycles. The summed E-state index contributed by atoms with van der Waals surface area (Å²) in [6, 6.07) is 7.89. The molecule has 1 aromatic carbocycles. The van der Waals surface area contributed by atoms with Crippen LogP contribution in [0.2, 0.25) is 0 Å². The molecule has 0 spiro atoms. The maximum Gasteiger partial charge on any atom is 0.239 e. The molecule has 27 heavy (non-hydrogen) atoms. The third kappa shape index (κ3) is 5.08. The molecule has 0 radical (unpaired) electrons. The molecule has 1 saturated carbocycles. The first kappa shape index (κ1) is 19.4. The second kappa shape index (κ2) is 9.53. The highest BCUT2D eigenvalue weighted by molar-refractivity contribution is 5.81. The van der Waals surface area contributed by atoms with Gasteiger partial charge in [-0.2, -0.15) is 0 Å². The lowest BCUT2D eigenvalue weighted by atomic mass is 9.89. The van der Waals surface area contributed by atoms with E-state index in [4.69, 9.17) is 4.98 Å². The van der Waals surface area contributed by atoms with E-state index in [1.54, 1.807) is 0 Å². The number of hydrogen-bond donors (Lipinski definition) is 2. The Balaban J connectivity index is 1.58. The predicted molar refractivity (Wildman–Crippen MR) is 106 cm³/mol. The summed E-state index contributed by atoms with van der Waals surface area (Å²) in [5.74, 6) is 1.29. The van der Waals surface area contributed by atoms with Gasteiger partial charge in [0.1, 0.15) is 12.4 Å². The highest BCUT2D eigenvalue weighted by atomic mass is 16.2. The zero-order chi connectivity index (χ0) is 19.1. The van der Waals surface area contributed by atoms with Crippen LogP contribution in [-0.4, -0.2) is 34.5 Å². The van der Waals surface area contributed by atoms with Gasteiger partial charge in [-0.25, -0.2) is 4.98 Å². The molecule has 0 aliphatic heterocycles. The maximum atomic E-state index is 12.2. The number of para-hydroxylation sites is 2. The van der Waals surface area contributed by atoms with E-state index >= 15 is 0 Å². The van der Waals surface area contributed by atoms with Crippen LogP contribution in [0.4, 0.5) is 0 Å². The first-order valence-corrected chi connectivity index (χ1v) is 10.2. The number of amides is 2. The molecule has 1 aliphatic rings. The standard InChI is InChI=1S/C21H30N4O2/c1-2-22-20(26)15-25-18-12-7-6-11-17(18)24-19(25)13-8-14-23-21(27)16-9-4-3-5-10-16/h6-7,11-12,16H,2-5,8-10,13-15H2,1H3,(H,22,26)(H,23,27). The lowest BCUT2D eigenvalue weighted by Crippen LogP contribution is -2.33. The molecular weight excluding hydrogens is 340 g/mol. The Kier molecular flexibility index (Phi) is 6.85. The number of aromatic nitrogens is 2. The molecule has 6 heteroatoms. The monoisotopic (exact) mass is 370 g/mol. The minimum absolute atomic E-state index is 0.00694. The topological polar surface area (TPSA) is 76.0 Å². The van der Waals surface area contributed by atoms with E-state index in [0.717, 1.165) is 42.5 Å². The summed E-state index contributed by atoms with van der Waals surface area (Å²) in [5, 5.41) is 5.93. The van der Waals surface area contributed by atoms with Crippen LogP contribution in [0.25, 0.3) is 11.0 Å². The molecular formula is C21H30N4O2. The fourth-order valence-electron chi connectivity index (χ4n) is 3.86. The fourth-order valence-corrected chi connectivity index (χ4v) is 3.86. The van der Waals surface area contributed by atoms with Crippen molar-refractivity contribution in [1.29, 1.82) is 0 Å². The van der Waals surface area contributed by atoms with Crippen molar-refractivity contribution in [2.75, 3.05) is 13.1 Å². The van der Waals surface area contributed by atoms with E-state index in [1.165, 1.54) is 19.3 Å². The van der Waals surface area contributed by atoms with Crippen molar-refractivity contribution < 1.29 is 9.59 Å². The fraction of sp³-hybridized carbons (Fsp3) is 0.571. The molecule has 2 aromatic rings. The number of carbonyl (C=O) groups excluding carboxylic acids is 2. The van der Waals surface area contributed by atoms with E-state index in [-0.39, 0.29) is 24.3 Å². The van der Waals surface area contributed by atoms with Crippen LogP contribution in [0.3, 0.4) is 0 Å². The van der Waals surface area contributed by atoms with Crippen molar-refractivity contribution >= 4 is 22.8 Å². The number of carbonyl (C=O) groups is 2.